The summed E-state index contributed by atoms with van der Waals surface area (Å²) >= 11 is 0. The average Bonchev–Trinajstić information content (AvgIpc) is 3.21. The van der Waals surface area contributed by atoms with E-state index in [4.69, 9.17) is 14.0 Å². The van der Waals surface area contributed by atoms with E-state index in [0.717, 1.165) is 4.31 Å². The van der Waals surface area contributed by atoms with Crippen molar-refractivity contribution in [1.29, 1.82) is 0 Å². The molecule has 0 radical (unpaired) electrons. The normalized spacial score (nSPS) is 11.4. The molecule has 1 N–H and O–H groups in total. The monoisotopic (exact) mass is 446 g/mol. The zero-order valence-corrected chi connectivity index (χ0v) is 18.3. The van der Waals surface area contributed by atoms with Crippen LogP contribution in [0.2, 0.25) is 0 Å². The summed E-state index contributed by atoms with van der Waals surface area (Å²) in [6.07, 6.45) is 0. The Morgan fingerprint density at radius 1 is 1.13 bits per heavy atom. The molecule has 10 nitrogen and oxygen atoms in total. The van der Waals surface area contributed by atoms with Crippen LogP contribution < -0.4 is 14.8 Å². The predicted octanol–water partition coefficient (Wildman–Crippen LogP) is 2.53. The highest BCUT2D eigenvalue weighted by molar-refractivity contribution is 7.89. The van der Waals surface area contributed by atoms with Gasteiger partial charge in [-0.2, -0.15) is 9.29 Å². The van der Waals surface area contributed by atoms with Crippen LogP contribution >= 0.6 is 0 Å². The van der Waals surface area contributed by atoms with Gasteiger partial charge in [-0.05, 0) is 42.5 Å². The van der Waals surface area contributed by atoms with E-state index in [9.17, 15) is 13.2 Å². The van der Waals surface area contributed by atoms with Crippen LogP contribution in [0.15, 0.2) is 51.9 Å². The van der Waals surface area contributed by atoms with Crippen molar-refractivity contribution in [3.63, 3.8) is 0 Å². The van der Waals surface area contributed by atoms with Gasteiger partial charge >= 0.3 is 0 Å². The fraction of sp³-hybridized carbons (Fsp3) is 0.250. The van der Waals surface area contributed by atoms with Gasteiger partial charge in [0.1, 0.15) is 11.5 Å². The fourth-order valence-electron chi connectivity index (χ4n) is 2.77. The molecular weight excluding hydrogens is 424 g/mol. The van der Waals surface area contributed by atoms with Crippen LogP contribution in [0.5, 0.6) is 11.5 Å². The summed E-state index contributed by atoms with van der Waals surface area (Å²) in [7, 11) is 0.492. The van der Waals surface area contributed by atoms with Gasteiger partial charge in [0.15, 0.2) is 0 Å². The number of ether oxygens (including phenoxy) is 2. The van der Waals surface area contributed by atoms with E-state index in [1.807, 2.05) is 0 Å². The number of hydrogen-bond donors (Lipinski definition) is 1. The van der Waals surface area contributed by atoms with E-state index in [2.05, 4.69) is 15.5 Å². The minimum absolute atomic E-state index is 0.0190. The minimum atomic E-state index is -3.90. The van der Waals surface area contributed by atoms with Crippen molar-refractivity contribution in [1.82, 2.24) is 14.4 Å². The van der Waals surface area contributed by atoms with Crippen LogP contribution in [-0.4, -0.2) is 50.0 Å². The highest BCUT2D eigenvalue weighted by Crippen LogP contribution is 2.29. The second-order valence-electron chi connectivity index (χ2n) is 6.54. The third-order valence-corrected chi connectivity index (χ3v) is 6.16. The Bertz CT molecular complexity index is 1170. The largest absolute Gasteiger partial charge is 0.497 e. The van der Waals surface area contributed by atoms with Crippen LogP contribution in [0.1, 0.15) is 12.8 Å². The summed E-state index contributed by atoms with van der Waals surface area (Å²) in [6.45, 7) is 1.19. The lowest BCUT2D eigenvalue weighted by Crippen LogP contribution is -2.26. The van der Waals surface area contributed by atoms with Crippen molar-refractivity contribution in [3.05, 3.63) is 48.4 Å². The molecule has 1 amide bonds. The first-order valence-electron chi connectivity index (χ1n) is 9.13. The molecule has 0 aliphatic carbocycles. The van der Waals surface area contributed by atoms with Crippen molar-refractivity contribution in [2.45, 2.75) is 18.4 Å². The SMILES string of the molecule is COc1ccc(-c2noc(CN(C)S(=O)(=O)c3ccc(OC)c(NC(C)=O)c3)n2)cc1. The van der Waals surface area contributed by atoms with E-state index in [1.165, 1.54) is 39.3 Å². The molecule has 0 aliphatic heterocycles. The van der Waals surface area contributed by atoms with Gasteiger partial charge < -0.3 is 19.3 Å². The predicted molar refractivity (Wildman–Crippen MR) is 112 cm³/mol. The third-order valence-electron chi connectivity index (χ3n) is 4.36. The van der Waals surface area contributed by atoms with Crippen LogP contribution in [0.4, 0.5) is 5.69 Å². The molecule has 3 rings (SSSR count). The van der Waals surface area contributed by atoms with Gasteiger partial charge in [-0.25, -0.2) is 8.42 Å². The number of carbonyl (C=O) groups is 1. The average molecular weight is 446 g/mol. The Morgan fingerprint density at radius 3 is 2.45 bits per heavy atom. The second-order valence-corrected chi connectivity index (χ2v) is 8.59. The van der Waals surface area contributed by atoms with Crippen molar-refractivity contribution >= 4 is 21.6 Å². The summed E-state index contributed by atoms with van der Waals surface area (Å²) in [5.41, 5.74) is 0.959. The highest BCUT2D eigenvalue weighted by Gasteiger charge is 2.24. The zero-order valence-electron chi connectivity index (χ0n) is 17.4. The molecule has 0 fully saturated rings. The number of nitrogens with one attached hydrogen (secondary N) is 1. The second kappa shape index (κ2) is 9.14. The number of rotatable bonds is 8. The number of anilines is 1. The van der Waals surface area contributed by atoms with E-state index in [0.29, 0.717) is 22.9 Å². The summed E-state index contributed by atoms with van der Waals surface area (Å²) < 4.78 is 42.6. The molecule has 0 spiro atoms. The van der Waals surface area contributed by atoms with Gasteiger partial charge in [-0.1, -0.05) is 5.16 Å². The van der Waals surface area contributed by atoms with Gasteiger partial charge in [-0.15, -0.1) is 0 Å². The van der Waals surface area contributed by atoms with Crippen molar-refractivity contribution in [2.75, 3.05) is 26.6 Å². The van der Waals surface area contributed by atoms with Gasteiger partial charge in [0.05, 0.1) is 31.3 Å². The fourth-order valence-corrected chi connectivity index (χ4v) is 3.91. The Hall–Kier alpha value is -3.44. The van der Waals surface area contributed by atoms with Crippen LogP contribution in [0.3, 0.4) is 0 Å². The topological polar surface area (TPSA) is 124 Å². The number of benzene rings is 2. The Kier molecular flexibility index (Phi) is 6.56. The zero-order chi connectivity index (χ0) is 22.6. The smallest absolute Gasteiger partial charge is 0.243 e. The molecule has 1 aromatic heterocycles. The molecule has 0 unspecified atom stereocenters. The molecule has 3 aromatic rings. The number of aromatic nitrogens is 2. The number of methoxy groups -OCH3 is 2. The number of hydrogen-bond acceptors (Lipinski definition) is 8. The lowest BCUT2D eigenvalue weighted by atomic mass is 10.2. The summed E-state index contributed by atoms with van der Waals surface area (Å²) in [5, 5.41) is 6.47. The first-order valence-corrected chi connectivity index (χ1v) is 10.6. The van der Waals surface area contributed by atoms with Crippen LogP contribution in [0.25, 0.3) is 11.4 Å². The minimum Gasteiger partial charge on any atom is -0.497 e. The maximum absolute atomic E-state index is 13.0. The van der Waals surface area contributed by atoms with Crippen molar-refractivity contribution in [2.24, 2.45) is 0 Å². The quantitative estimate of drug-likeness (QED) is 0.560. The lowest BCUT2D eigenvalue weighted by Gasteiger charge is -2.17. The molecule has 0 aliphatic rings. The van der Waals surface area contributed by atoms with Gasteiger partial charge in [0.25, 0.3) is 0 Å². The van der Waals surface area contributed by atoms with E-state index >= 15 is 0 Å². The standard InChI is InChI=1S/C20H22N4O6S/c1-13(25)21-17-11-16(9-10-18(17)29-4)31(26,27)24(2)12-19-22-20(23-30-19)14-5-7-15(28-3)8-6-14/h5-11H,12H2,1-4H3,(H,21,25). The van der Waals surface area contributed by atoms with E-state index in [-0.39, 0.29) is 28.9 Å². The molecule has 164 valence electrons. The molecule has 31 heavy (non-hydrogen) atoms. The number of carbonyl (C=O) groups excluding carboxylic acids is 1. The summed E-state index contributed by atoms with van der Waals surface area (Å²) in [4.78, 5) is 15.7. The number of nitrogens with zero attached hydrogens (tertiary/aromatic N) is 3. The first kappa shape index (κ1) is 22.2. The number of sulfonamides is 1. The highest BCUT2D eigenvalue weighted by atomic mass is 32.2. The molecule has 11 heteroatoms. The molecule has 2 aromatic carbocycles. The Labute approximate surface area is 179 Å². The summed E-state index contributed by atoms with van der Waals surface area (Å²) in [5.74, 6) is 1.15. The molecule has 1 heterocycles. The molecule has 0 saturated heterocycles. The maximum Gasteiger partial charge on any atom is 0.243 e. The molecule has 0 bridgehead atoms. The molecule has 0 saturated carbocycles. The lowest BCUT2D eigenvalue weighted by molar-refractivity contribution is -0.114. The molecular formula is C20H22N4O6S. The van der Waals surface area contributed by atoms with Crippen molar-refractivity contribution < 1.29 is 27.2 Å². The Balaban J connectivity index is 1.80. The maximum atomic E-state index is 13.0. The number of amides is 1. The van der Waals surface area contributed by atoms with Gasteiger partial charge in [0.2, 0.25) is 27.6 Å². The van der Waals surface area contributed by atoms with E-state index in [1.54, 1.807) is 31.4 Å². The van der Waals surface area contributed by atoms with Crippen LogP contribution in [-0.2, 0) is 21.4 Å². The first-order chi connectivity index (χ1) is 14.7. The Morgan fingerprint density at radius 2 is 1.84 bits per heavy atom. The van der Waals surface area contributed by atoms with Gasteiger partial charge in [-0.3, -0.25) is 4.79 Å². The van der Waals surface area contributed by atoms with Crippen molar-refractivity contribution in [3.8, 4) is 22.9 Å². The van der Waals surface area contributed by atoms with Crippen LogP contribution in [0, 0.1) is 0 Å². The summed E-state index contributed by atoms with van der Waals surface area (Å²) in [6, 6.07) is 11.3. The molecule has 0 atom stereocenters. The third kappa shape index (κ3) is 5.01. The van der Waals surface area contributed by atoms with E-state index < -0.39 is 10.0 Å². The van der Waals surface area contributed by atoms with Gasteiger partial charge in [0, 0.05) is 19.5 Å².